The van der Waals surface area contributed by atoms with Crippen LogP contribution in [0.25, 0.3) is 0 Å². The summed E-state index contributed by atoms with van der Waals surface area (Å²) in [5, 5.41) is 13.8. The highest BCUT2D eigenvalue weighted by atomic mass is 31.2. The maximum atomic E-state index is 12.9. The second kappa shape index (κ2) is 39.2. The zero-order chi connectivity index (χ0) is 41.4. The number of aliphatic hydroxyl groups is 1. The third-order valence-electron chi connectivity index (χ3n) is 10.4. The van der Waals surface area contributed by atoms with Gasteiger partial charge in [0.05, 0.1) is 39.9 Å². The summed E-state index contributed by atoms with van der Waals surface area (Å²) in [6, 6.07) is -0.846. The van der Waals surface area contributed by atoms with Crippen LogP contribution in [-0.2, 0) is 18.4 Å². The number of aliphatic hydroxyl groups excluding tert-OH is 1. The second-order valence-electron chi connectivity index (χ2n) is 17.2. The molecule has 3 atom stereocenters. The van der Waals surface area contributed by atoms with Crippen LogP contribution in [0.2, 0.25) is 0 Å². The number of allylic oxidation sites excluding steroid dienone is 5. The third-order valence-corrected chi connectivity index (χ3v) is 11.4. The number of carbonyl (C=O) groups is 1. The first-order chi connectivity index (χ1) is 27.0. The lowest BCUT2D eigenvalue weighted by molar-refractivity contribution is -0.870. The SMILES string of the molecule is CCCCC/C=C\C=C/CCCCCCCCCCCCC(=O)NC(COP(=O)(O)OCC[N+](C)(C)C)C(O)/C=C/CCCCCCCCCCCCCCC. The monoisotopic (exact) mass is 812 g/mol. The molecule has 0 heterocycles. The van der Waals surface area contributed by atoms with Crippen molar-refractivity contribution in [3.05, 3.63) is 36.5 Å². The fourth-order valence-electron chi connectivity index (χ4n) is 6.62. The summed E-state index contributed by atoms with van der Waals surface area (Å²) in [7, 11) is 1.57. The Labute approximate surface area is 347 Å². The molecule has 0 saturated heterocycles. The van der Waals surface area contributed by atoms with Crippen molar-refractivity contribution in [3.63, 3.8) is 0 Å². The van der Waals surface area contributed by atoms with E-state index in [1.54, 1.807) is 6.08 Å². The summed E-state index contributed by atoms with van der Waals surface area (Å²) in [4.78, 5) is 23.1. The smallest absolute Gasteiger partial charge is 0.387 e. The normalized spacial score (nSPS) is 14.6. The molecule has 0 saturated carbocycles. The van der Waals surface area contributed by atoms with Gasteiger partial charge in [-0.15, -0.1) is 0 Å². The number of phosphoric ester groups is 1. The molecule has 0 aromatic heterocycles. The number of carbonyl (C=O) groups excluding carboxylic acids is 1. The number of hydrogen-bond acceptors (Lipinski definition) is 5. The standard InChI is InChI=1S/C47H91N2O6P/c1-6-8-10-12-14-16-18-20-22-23-24-25-27-29-31-33-35-37-39-41-47(51)48-45(44-55-56(52,53)54-43-42-49(3,4)5)46(50)40-38-36-34-32-30-28-26-21-19-17-15-13-11-9-7-2/h14,16,18,20,38,40,45-46,50H,6-13,15,17,19,21-37,39,41-44H2,1-5H3,(H-,48,51,52,53)/p+1/b16-14-,20-18-,40-38+. The lowest BCUT2D eigenvalue weighted by Gasteiger charge is -2.25. The molecule has 0 aliphatic heterocycles. The maximum absolute atomic E-state index is 12.9. The predicted molar refractivity (Wildman–Crippen MR) is 240 cm³/mol. The van der Waals surface area contributed by atoms with Crippen molar-refractivity contribution in [1.29, 1.82) is 0 Å². The Morgan fingerprint density at radius 2 is 1.00 bits per heavy atom. The van der Waals surface area contributed by atoms with Gasteiger partial charge in [-0.05, 0) is 44.9 Å². The molecule has 8 nitrogen and oxygen atoms in total. The fraction of sp³-hybridized carbons (Fsp3) is 0.851. The molecule has 0 aromatic rings. The number of unbranched alkanes of at least 4 members (excludes halogenated alkanes) is 26. The zero-order valence-corrected chi connectivity index (χ0v) is 38.3. The molecule has 1 amide bonds. The molecule has 330 valence electrons. The van der Waals surface area contributed by atoms with Crippen LogP contribution < -0.4 is 5.32 Å². The first-order valence-corrected chi connectivity index (χ1v) is 24.9. The first kappa shape index (κ1) is 54.7. The fourth-order valence-corrected chi connectivity index (χ4v) is 7.36. The van der Waals surface area contributed by atoms with Crippen LogP contribution in [0.4, 0.5) is 0 Å². The van der Waals surface area contributed by atoms with E-state index in [4.69, 9.17) is 9.05 Å². The number of hydrogen-bond donors (Lipinski definition) is 3. The highest BCUT2D eigenvalue weighted by molar-refractivity contribution is 7.47. The van der Waals surface area contributed by atoms with E-state index in [-0.39, 0.29) is 19.1 Å². The predicted octanol–water partition coefficient (Wildman–Crippen LogP) is 13.1. The van der Waals surface area contributed by atoms with E-state index >= 15 is 0 Å². The van der Waals surface area contributed by atoms with Gasteiger partial charge in [0.15, 0.2) is 0 Å². The van der Waals surface area contributed by atoms with Crippen LogP contribution in [0.3, 0.4) is 0 Å². The van der Waals surface area contributed by atoms with Gasteiger partial charge in [-0.1, -0.05) is 192 Å². The average molecular weight is 812 g/mol. The molecule has 3 N–H and O–H groups in total. The Balaban J connectivity index is 4.38. The van der Waals surface area contributed by atoms with E-state index in [0.717, 1.165) is 38.5 Å². The molecule has 0 spiro atoms. The molecule has 0 bridgehead atoms. The van der Waals surface area contributed by atoms with E-state index in [2.05, 4.69) is 43.5 Å². The maximum Gasteiger partial charge on any atom is 0.472 e. The number of nitrogens with one attached hydrogen (secondary N) is 1. The van der Waals surface area contributed by atoms with Gasteiger partial charge in [0.1, 0.15) is 13.2 Å². The lowest BCUT2D eigenvalue weighted by Crippen LogP contribution is -2.45. The van der Waals surface area contributed by atoms with Crippen molar-refractivity contribution in [2.24, 2.45) is 0 Å². The minimum atomic E-state index is -4.34. The molecule has 3 unspecified atom stereocenters. The minimum Gasteiger partial charge on any atom is -0.387 e. The zero-order valence-electron chi connectivity index (χ0n) is 37.4. The summed E-state index contributed by atoms with van der Waals surface area (Å²) in [6.07, 6.45) is 47.7. The van der Waals surface area contributed by atoms with Crippen molar-refractivity contribution in [2.45, 2.75) is 219 Å². The lowest BCUT2D eigenvalue weighted by atomic mass is 10.0. The summed E-state index contributed by atoms with van der Waals surface area (Å²) in [5.41, 5.74) is 0. The molecule has 0 rings (SSSR count). The number of nitrogens with zero attached hydrogens (tertiary/aromatic N) is 1. The molecular formula is C47H92N2O6P+. The van der Waals surface area contributed by atoms with E-state index in [9.17, 15) is 19.4 Å². The van der Waals surface area contributed by atoms with Crippen molar-refractivity contribution in [1.82, 2.24) is 5.32 Å². The van der Waals surface area contributed by atoms with Crippen LogP contribution >= 0.6 is 7.82 Å². The molecule has 0 radical (unpaired) electrons. The molecular weight excluding hydrogens is 719 g/mol. The van der Waals surface area contributed by atoms with Gasteiger partial charge in [-0.25, -0.2) is 4.57 Å². The Bertz CT molecular complexity index is 1010. The first-order valence-electron chi connectivity index (χ1n) is 23.4. The van der Waals surface area contributed by atoms with E-state index in [1.807, 2.05) is 27.2 Å². The highest BCUT2D eigenvalue weighted by Crippen LogP contribution is 2.43. The van der Waals surface area contributed by atoms with Crippen molar-refractivity contribution >= 4 is 13.7 Å². The topological polar surface area (TPSA) is 105 Å². The Kier molecular flexibility index (Phi) is 38.3. The number of phosphoric acid groups is 1. The van der Waals surface area contributed by atoms with Crippen LogP contribution in [0.1, 0.15) is 206 Å². The largest absolute Gasteiger partial charge is 0.472 e. The minimum absolute atomic E-state index is 0.0608. The summed E-state index contributed by atoms with van der Waals surface area (Å²) in [6.45, 7) is 4.79. The third kappa shape index (κ3) is 40.9. The van der Waals surface area contributed by atoms with Gasteiger partial charge in [0.2, 0.25) is 5.91 Å². The Morgan fingerprint density at radius 1 is 0.607 bits per heavy atom. The summed E-state index contributed by atoms with van der Waals surface area (Å²) < 4.78 is 23.6. The van der Waals surface area contributed by atoms with E-state index in [0.29, 0.717) is 17.4 Å². The Hall–Kier alpha value is -1.28. The molecule has 0 aromatic carbocycles. The quantitative estimate of drug-likeness (QED) is 0.0186. The van der Waals surface area contributed by atoms with Gasteiger partial charge in [0, 0.05) is 6.42 Å². The summed E-state index contributed by atoms with van der Waals surface area (Å²) >= 11 is 0. The van der Waals surface area contributed by atoms with Crippen molar-refractivity contribution in [3.8, 4) is 0 Å². The van der Waals surface area contributed by atoms with Crippen molar-refractivity contribution < 1.29 is 32.9 Å². The number of amides is 1. The van der Waals surface area contributed by atoms with Crippen molar-refractivity contribution in [2.75, 3.05) is 40.9 Å². The number of rotatable bonds is 42. The molecule has 9 heteroatoms. The molecule has 56 heavy (non-hydrogen) atoms. The van der Waals surface area contributed by atoms with Crippen LogP contribution in [0.5, 0.6) is 0 Å². The van der Waals surface area contributed by atoms with Gasteiger partial charge in [0.25, 0.3) is 0 Å². The van der Waals surface area contributed by atoms with E-state index in [1.165, 1.54) is 148 Å². The number of likely N-dealkylation sites (N-methyl/N-ethyl adjacent to an activating group) is 1. The molecule has 0 fully saturated rings. The van der Waals surface area contributed by atoms with Crippen LogP contribution in [0, 0.1) is 0 Å². The van der Waals surface area contributed by atoms with E-state index < -0.39 is 20.0 Å². The highest BCUT2D eigenvalue weighted by Gasteiger charge is 2.27. The molecule has 0 aliphatic carbocycles. The van der Waals surface area contributed by atoms with Crippen LogP contribution in [-0.4, -0.2) is 73.4 Å². The van der Waals surface area contributed by atoms with Crippen LogP contribution in [0.15, 0.2) is 36.5 Å². The second-order valence-corrected chi connectivity index (χ2v) is 18.6. The van der Waals surface area contributed by atoms with Gasteiger partial charge >= 0.3 is 7.82 Å². The van der Waals surface area contributed by atoms with Gasteiger partial charge in [-0.2, -0.15) is 0 Å². The average Bonchev–Trinajstić information content (AvgIpc) is 3.15. The summed E-state index contributed by atoms with van der Waals surface area (Å²) in [5.74, 6) is -0.181. The van der Waals surface area contributed by atoms with Gasteiger partial charge < -0.3 is 19.8 Å². The van der Waals surface area contributed by atoms with Gasteiger partial charge in [-0.3, -0.25) is 13.8 Å². The molecule has 0 aliphatic rings. The number of quaternary nitrogens is 1. The Morgan fingerprint density at radius 3 is 1.46 bits per heavy atom.